The van der Waals surface area contributed by atoms with Crippen LogP contribution in [-0.2, 0) is 9.59 Å². The number of pyridine rings is 1. The van der Waals surface area contributed by atoms with Gasteiger partial charge in [-0.2, -0.15) is 5.10 Å². The van der Waals surface area contributed by atoms with Crippen molar-refractivity contribution in [3.8, 4) is 5.82 Å². The third kappa shape index (κ3) is 4.01. The molecule has 0 unspecified atom stereocenters. The molecule has 3 heterocycles. The van der Waals surface area contributed by atoms with Crippen LogP contribution in [0.5, 0.6) is 0 Å². The summed E-state index contributed by atoms with van der Waals surface area (Å²) in [6.45, 7) is 4.98. The van der Waals surface area contributed by atoms with Crippen molar-refractivity contribution in [2.45, 2.75) is 26.7 Å². The molecule has 1 saturated heterocycles. The summed E-state index contributed by atoms with van der Waals surface area (Å²) >= 11 is 0. The molecule has 0 aliphatic carbocycles. The Morgan fingerprint density at radius 2 is 2.16 bits per heavy atom. The van der Waals surface area contributed by atoms with Crippen molar-refractivity contribution in [3.05, 3.63) is 31.0 Å². The molecular weight excluding hydrogens is 320 g/mol. The van der Waals surface area contributed by atoms with Gasteiger partial charge >= 0.3 is 0 Å². The van der Waals surface area contributed by atoms with Gasteiger partial charge < -0.3 is 10.2 Å². The number of rotatable bonds is 4. The smallest absolute Gasteiger partial charge is 0.229 e. The van der Waals surface area contributed by atoms with Gasteiger partial charge in [-0.1, -0.05) is 13.8 Å². The zero-order valence-corrected chi connectivity index (χ0v) is 14.4. The number of nitrogens with one attached hydrogen (secondary N) is 1. The number of amides is 2. The van der Waals surface area contributed by atoms with Crippen molar-refractivity contribution < 1.29 is 9.59 Å². The Morgan fingerprint density at radius 1 is 1.32 bits per heavy atom. The highest BCUT2D eigenvalue weighted by molar-refractivity contribution is 5.93. The zero-order valence-electron chi connectivity index (χ0n) is 14.4. The largest absolute Gasteiger partial charge is 0.342 e. The standard InChI is InChI=1S/C17H22N6O2/c1-12(2)17(25)22-7-3-4-13(9-22)16(24)21-14-5-6-15(19-8-14)23-11-18-10-20-23/h5-6,8,10-13H,3-4,7,9H2,1-2H3,(H,21,24)/t13-/m0/s1. The van der Waals surface area contributed by atoms with E-state index in [1.54, 1.807) is 34.2 Å². The van der Waals surface area contributed by atoms with E-state index in [0.29, 0.717) is 18.1 Å². The van der Waals surface area contributed by atoms with Crippen LogP contribution < -0.4 is 5.32 Å². The lowest BCUT2D eigenvalue weighted by Gasteiger charge is -2.33. The molecule has 1 N–H and O–H groups in total. The molecule has 1 aliphatic rings. The van der Waals surface area contributed by atoms with Crippen molar-refractivity contribution in [1.82, 2.24) is 24.6 Å². The van der Waals surface area contributed by atoms with Crippen LogP contribution in [0.2, 0.25) is 0 Å². The van der Waals surface area contributed by atoms with E-state index in [1.165, 1.54) is 6.33 Å². The van der Waals surface area contributed by atoms with Crippen molar-refractivity contribution in [2.24, 2.45) is 11.8 Å². The summed E-state index contributed by atoms with van der Waals surface area (Å²) in [6, 6.07) is 3.54. The molecule has 132 valence electrons. The maximum atomic E-state index is 12.5. The number of nitrogens with zero attached hydrogens (tertiary/aromatic N) is 5. The summed E-state index contributed by atoms with van der Waals surface area (Å²) in [5.74, 6) is 0.427. The molecular formula is C17H22N6O2. The average molecular weight is 342 g/mol. The third-order valence-corrected chi connectivity index (χ3v) is 4.27. The molecule has 0 aromatic carbocycles. The summed E-state index contributed by atoms with van der Waals surface area (Å²) in [6.07, 6.45) is 6.22. The van der Waals surface area contributed by atoms with E-state index in [1.807, 2.05) is 13.8 Å². The molecule has 0 saturated carbocycles. The van der Waals surface area contributed by atoms with Gasteiger partial charge in [0.2, 0.25) is 11.8 Å². The Bertz CT molecular complexity index is 726. The minimum Gasteiger partial charge on any atom is -0.342 e. The van der Waals surface area contributed by atoms with Gasteiger partial charge in [-0.05, 0) is 25.0 Å². The Labute approximate surface area is 146 Å². The molecule has 1 fully saturated rings. The number of hydrogen-bond acceptors (Lipinski definition) is 5. The first kappa shape index (κ1) is 17.1. The van der Waals surface area contributed by atoms with E-state index in [0.717, 1.165) is 19.4 Å². The van der Waals surface area contributed by atoms with E-state index < -0.39 is 0 Å². The minimum atomic E-state index is -0.188. The number of likely N-dealkylation sites (tertiary alicyclic amines) is 1. The lowest BCUT2D eigenvalue weighted by molar-refractivity contribution is -0.137. The second-order valence-electron chi connectivity index (χ2n) is 6.51. The monoisotopic (exact) mass is 342 g/mol. The maximum absolute atomic E-state index is 12.5. The van der Waals surface area contributed by atoms with Crippen LogP contribution in [-0.4, -0.2) is 49.6 Å². The summed E-state index contributed by atoms with van der Waals surface area (Å²) < 4.78 is 1.54. The first-order valence-electron chi connectivity index (χ1n) is 8.45. The number of piperidine rings is 1. The number of anilines is 1. The van der Waals surface area contributed by atoms with Crippen LogP contribution in [0.15, 0.2) is 31.0 Å². The number of carbonyl (C=O) groups excluding carboxylic acids is 2. The Balaban J connectivity index is 1.61. The second kappa shape index (κ2) is 7.42. The molecule has 25 heavy (non-hydrogen) atoms. The normalized spacial score (nSPS) is 17.6. The Kier molecular flexibility index (Phi) is 5.06. The van der Waals surface area contributed by atoms with Gasteiger partial charge in [0.15, 0.2) is 5.82 Å². The predicted octanol–water partition coefficient (Wildman–Crippen LogP) is 1.50. The van der Waals surface area contributed by atoms with Gasteiger partial charge in [-0.25, -0.2) is 14.6 Å². The van der Waals surface area contributed by atoms with Gasteiger partial charge in [0.1, 0.15) is 12.7 Å². The molecule has 8 heteroatoms. The predicted molar refractivity (Wildman–Crippen MR) is 91.9 cm³/mol. The third-order valence-electron chi connectivity index (χ3n) is 4.27. The molecule has 0 radical (unpaired) electrons. The van der Waals surface area contributed by atoms with E-state index in [4.69, 9.17) is 0 Å². The van der Waals surface area contributed by atoms with Crippen LogP contribution in [0.4, 0.5) is 5.69 Å². The number of aromatic nitrogens is 4. The minimum absolute atomic E-state index is 0.0460. The van der Waals surface area contributed by atoms with Crippen LogP contribution in [0, 0.1) is 11.8 Å². The summed E-state index contributed by atoms with van der Waals surface area (Å²) in [5.41, 5.74) is 0.626. The first-order chi connectivity index (χ1) is 12.0. The summed E-state index contributed by atoms with van der Waals surface area (Å²) in [7, 11) is 0. The van der Waals surface area contributed by atoms with Crippen LogP contribution in [0.1, 0.15) is 26.7 Å². The molecule has 3 rings (SSSR count). The van der Waals surface area contributed by atoms with E-state index in [-0.39, 0.29) is 23.7 Å². The second-order valence-corrected chi connectivity index (χ2v) is 6.51. The highest BCUT2D eigenvalue weighted by atomic mass is 16.2. The lowest BCUT2D eigenvalue weighted by Crippen LogP contribution is -2.45. The highest BCUT2D eigenvalue weighted by Crippen LogP contribution is 2.20. The fraction of sp³-hybridized carbons (Fsp3) is 0.471. The van der Waals surface area contributed by atoms with Gasteiger partial charge in [0, 0.05) is 19.0 Å². The fourth-order valence-electron chi connectivity index (χ4n) is 2.92. The first-order valence-corrected chi connectivity index (χ1v) is 8.45. The molecule has 1 atom stereocenters. The molecule has 2 aromatic rings. The Morgan fingerprint density at radius 3 is 2.80 bits per heavy atom. The average Bonchev–Trinajstić information content (AvgIpc) is 3.16. The van der Waals surface area contributed by atoms with E-state index >= 15 is 0 Å². The van der Waals surface area contributed by atoms with Crippen molar-refractivity contribution >= 4 is 17.5 Å². The van der Waals surface area contributed by atoms with Crippen molar-refractivity contribution in [2.75, 3.05) is 18.4 Å². The number of hydrogen-bond donors (Lipinski definition) is 1. The van der Waals surface area contributed by atoms with Gasteiger partial charge in [0.05, 0.1) is 17.8 Å². The van der Waals surface area contributed by atoms with Gasteiger partial charge in [0.25, 0.3) is 0 Å². The molecule has 0 spiro atoms. The van der Waals surface area contributed by atoms with Gasteiger partial charge in [-0.15, -0.1) is 0 Å². The Hall–Kier alpha value is -2.77. The number of carbonyl (C=O) groups is 2. The quantitative estimate of drug-likeness (QED) is 0.909. The van der Waals surface area contributed by atoms with Crippen LogP contribution >= 0.6 is 0 Å². The van der Waals surface area contributed by atoms with E-state index in [9.17, 15) is 9.59 Å². The van der Waals surface area contributed by atoms with Crippen LogP contribution in [0.25, 0.3) is 5.82 Å². The maximum Gasteiger partial charge on any atom is 0.229 e. The fourth-order valence-corrected chi connectivity index (χ4v) is 2.92. The van der Waals surface area contributed by atoms with E-state index in [2.05, 4.69) is 20.4 Å². The topological polar surface area (TPSA) is 93.0 Å². The zero-order chi connectivity index (χ0) is 17.8. The van der Waals surface area contributed by atoms with Gasteiger partial charge in [-0.3, -0.25) is 9.59 Å². The molecule has 1 aliphatic heterocycles. The summed E-state index contributed by atoms with van der Waals surface area (Å²) in [4.78, 5) is 34.6. The highest BCUT2D eigenvalue weighted by Gasteiger charge is 2.29. The van der Waals surface area contributed by atoms with Crippen molar-refractivity contribution in [3.63, 3.8) is 0 Å². The molecule has 2 aromatic heterocycles. The molecule has 0 bridgehead atoms. The lowest BCUT2D eigenvalue weighted by atomic mass is 9.96. The summed E-state index contributed by atoms with van der Waals surface area (Å²) in [5, 5.41) is 6.90. The molecule has 8 nitrogen and oxygen atoms in total. The van der Waals surface area contributed by atoms with Crippen molar-refractivity contribution in [1.29, 1.82) is 0 Å². The SMILES string of the molecule is CC(C)C(=O)N1CCC[C@H](C(=O)Nc2ccc(-n3cncn3)nc2)C1. The molecule has 2 amide bonds. The van der Waals surface area contributed by atoms with Crippen LogP contribution in [0.3, 0.4) is 0 Å².